The van der Waals surface area contributed by atoms with Crippen molar-refractivity contribution in [2.75, 3.05) is 10.5 Å². The molecular formula is C12H12N6O2S. The number of hydrogen-bond acceptors (Lipinski definition) is 7. The molecule has 0 aliphatic heterocycles. The zero-order valence-electron chi connectivity index (χ0n) is 11.3. The Balaban J connectivity index is 2.38. The van der Waals surface area contributed by atoms with Crippen molar-refractivity contribution in [3.05, 3.63) is 35.2 Å². The number of benzene rings is 1. The van der Waals surface area contributed by atoms with Crippen molar-refractivity contribution in [3.63, 3.8) is 0 Å². The average molecular weight is 304 g/mol. The first-order valence-corrected chi connectivity index (χ1v) is 7.32. The molecule has 1 aromatic carbocycles. The Morgan fingerprint density at radius 1 is 1.24 bits per heavy atom. The lowest BCUT2D eigenvalue weighted by atomic mass is 10.2. The maximum Gasteiger partial charge on any atom is 0.266 e. The molecule has 3 N–H and O–H groups in total. The Bertz CT molecular complexity index is 841. The fraction of sp³-hybridized carbons (Fsp3) is 0.167. The van der Waals surface area contributed by atoms with Gasteiger partial charge in [-0.05, 0) is 32.0 Å². The minimum atomic E-state index is -3.95. The first-order valence-electron chi connectivity index (χ1n) is 5.84. The summed E-state index contributed by atoms with van der Waals surface area (Å²) in [6, 6.07) is 5.79. The third-order valence-electron chi connectivity index (χ3n) is 2.75. The normalized spacial score (nSPS) is 10.9. The predicted octanol–water partition coefficient (Wildman–Crippen LogP) is 0.743. The van der Waals surface area contributed by atoms with E-state index in [0.29, 0.717) is 11.4 Å². The molecule has 21 heavy (non-hydrogen) atoms. The van der Waals surface area contributed by atoms with Crippen molar-refractivity contribution in [3.8, 4) is 6.07 Å². The van der Waals surface area contributed by atoms with Crippen LogP contribution >= 0.6 is 0 Å². The topological polar surface area (TPSA) is 135 Å². The quantitative estimate of drug-likeness (QED) is 0.798. The number of nitrogens with zero attached hydrogens (tertiary/aromatic N) is 4. The molecular weight excluding hydrogens is 292 g/mol. The number of nitriles is 1. The fourth-order valence-electron chi connectivity index (χ4n) is 1.54. The highest BCUT2D eigenvalue weighted by atomic mass is 32.2. The summed E-state index contributed by atoms with van der Waals surface area (Å²) in [5, 5.41) is 16.2. The molecule has 0 amide bonds. The van der Waals surface area contributed by atoms with Gasteiger partial charge in [0.1, 0.15) is 4.90 Å². The van der Waals surface area contributed by atoms with Gasteiger partial charge in [0, 0.05) is 0 Å². The molecule has 0 aliphatic carbocycles. The van der Waals surface area contributed by atoms with Gasteiger partial charge in [-0.3, -0.25) is 0 Å². The number of rotatable bonds is 3. The Morgan fingerprint density at radius 3 is 2.52 bits per heavy atom. The molecule has 1 heterocycles. The lowest BCUT2D eigenvalue weighted by Crippen LogP contribution is -2.17. The van der Waals surface area contributed by atoms with Gasteiger partial charge in [0.15, 0.2) is 0 Å². The van der Waals surface area contributed by atoms with E-state index in [2.05, 4.69) is 19.9 Å². The maximum absolute atomic E-state index is 12.2. The van der Waals surface area contributed by atoms with Crippen LogP contribution < -0.4 is 10.5 Å². The van der Waals surface area contributed by atoms with Crippen LogP contribution in [0.5, 0.6) is 0 Å². The van der Waals surface area contributed by atoms with Crippen molar-refractivity contribution < 1.29 is 8.42 Å². The molecule has 2 rings (SSSR count). The van der Waals surface area contributed by atoms with Gasteiger partial charge < -0.3 is 5.73 Å². The highest BCUT2D eigenvalue weighted by molar-refractivity contribution is 7.92. The zero-order valence-corrected chi connectivity index (χ0v) is 12.1. The fourth-order valence-corrected chi connectivity index (χ4v) is 2.59. The predicted molar refractivity (Wildman–Crippen MR) is 75.7 cm³/mol. The number of hydrogen-bond donors (Lipinski definition) is 2. The Morgan fingerprint density at radius 2 is 1.95 bits per heavy atom. The van der Waals surface area contributed by atoms with E-state index in [4.69, 9.17) is 11.0 Å². The molecule has 0 saturated heterocycles. The van der Waals surface area contributed by atoms with Crippen LogP contribution in [0.15, 0.2) is 23.1 Å². The van der Waals surface area contributed by atoms with Gasteiger partial charge in [-0.2, -0.15) is 10.4 Å². The Kier molecular flexibility index (Phi) is 3.73. The van der Waals surface area contributed by atoms with E-state index in [1.165, 1.54) is 18.2 Å². The first kappa shape index (κ1) is 14.7. The molecule has 108 valence electrons. The molecule has 0 atom stereocenters. The number of nitrogens with one attached hydrogen (secondary N) is 1. The molecule has 0 spiro atoms. The van der Waals surface area contributed by atoms with Crippen LogP contribution in [0.3, 0.4) is 0 Å². The van der Waals surface area contributed by atoms with Gasteiger partial charge >= 0.3 is 0 Å². The van der Waals surface area contributed by atoms with E-state index < -0.39 is 10.0 Å². The van der Waals surface area contributed by atoms with Crippen LogP contribution in [0.1, 0.15) is 17.0 Å². The molecule has 0 saturated carbocycles. The largest absolute Gasteiger partial charge is 0.398 e. The van der Waals surface area contributed by atoms with Crippen molar-refractivity contribution in [1.29, 1.82) is 5.26 Å². The molecule has 0 radical (unpaired) electrons. The van der Waals surface area contributed by atoms with Gasteiger partial charge in [0.25, 0.3) is 16.0 Å². The van der Waals surface area contributed by atoms with Gasteiger partial charge in [0.2, 0.25) is 0 Å². The standard InChI is InChI=1S/C12H12N6O2S/c1-7-8(2)16-17-12(15-7)18-21(19,20)11-4-3-9(6-13)5-10(11)14/h3-5H,14H2,1-2H3,(H,15,17,18). The summed E-state index contributed by atoms with van der Waals surface area (Å²) in [4.78, 5) is 3.84. The molecule has 9 heteroatoms. The first-order chi connectivity index (χ1) is 9.83. The second kappa shape index (κ2) is 5.34. The summed E-state index contributed by atoms with van der Waals surface area (Å²) in [6.45, 7) is 3.41. The third-order valence-corrected chi connectivity index (χ3v) is 4.15. The van der Waals surface area contributed by atoms with E-state index >= 15 is 0 Å². The number of anilines is 2. The minimum absolute atomic E-state index is 0.0293. The van der Waals surface area contributed by atoms with E-state index in [1.54, 1.807) is 13.8 Å². The zero-order chi connectivity index (χ0) is 15.6. The van der Waals surface area contributed by atoms with Gasteiger partial charge in [0.05, 0.1) is 28.7 Å². The summed E-state index contributed by atoms with van der Waals surface area (Å²) in [6.07, 6.45) is 0. The molecule has 0 bridgehead atoms. The van der Waals surface area contributed by atoms with E-state index in [-0.39, 0.29) is 22.1 Å². The number of nitrogens with two attached hydrogens (primary N) is 1. The lowest BCUT2D eigenvalue weighted by molar-refractivity contribution is 0.601. The van der Waals surface area contributed by atoms with Crippen LogP contribution in [-0.2, 0) is 10.0 Å². The minimum Gasteiger partial charge on any atom is -0.398 e. The summed E-state index contributed by atoms with van der Waals surface area (Å²) in [5.41, 5.74) is 7.08. The van der Waals surface area contributed by atoms with Crippen LogP contribution in [0.4, 0.5) is 11.6 Å². The second-order valence-electron chi connectivity index (χ2n) is 4.28. The lowest BCUT2D eigenvalue weighted by Gasteiger charge is -2.09. The summed E-state index contributed by atoms with van der Waals surface area (Å²) < 4.78 is 26.7. The number of aryl methyl sites for hydroxylation is 2. The molecule has 8 nitrogen and oxygen atoms in total. The van der Waals surface area contributed by atoms with E-state index in [9.17, 15) is 8.42 Å². The summed E-state index contributed by atoms with van der Waals surface area (Å²) in [5.74, 6) is -0.137. The van der Waals surface area contributed by atoms with Crippen LogP contribution in [-0.4, -0.2) is 23.6 Å². The third kappa shape index (κ3) is 3.06. The van der Waals surface area contributed by atoms with Gasteiger partial charge in [-0.25, -0.2) is 18.1 Å². The number of aromatic nitrogens is 3. The summed E-state index contributed by atoms with van der Waals surface area (Å²) in [7, 11) is -3.95. The summed E-state index contributed by atoms with van der Waals surface area (Å²) >= 11 is 0. The van der Waals surface area contributed by atoms with Crippen LogP contribution in [0.2, 0.25) is 0 Å². The van der Waals surface area contributed by atoms with Crippen molar-refractivity contribution in [2.24, 2.45) is 0 Å². The highest BCUT2D eigenvalue weighted by Gasteiger charge is 2.19. The molecule has 1 aromatic heterocycles. The van der Waals surface area contributed by atoms with Crippen LogP contribution in [0, 0.1) is 25.2 Å². The number of nitrogen functional groups attached to an aromatic ring is 1. The van der Waals surface area contributed by atoms with E-state index in [0.717, 1.165) is 0 Å². The SMILES string of the molecule is Cc1nnc(NS(=O)(=O)c2ccc(C#N)cc2N)nc1C. The Labute approximate surface area is 121 Å². The monoisotopic (exact) mass is 304 g/mol. The average Bonchev–Trinajstić information content (AvgIpc) is 2.42. The van der Waals surface area contributed by atoms with Crippen LogP contribution in [0.25, 0.3) is 0 Å². The smallest absolute Gasteiger partial charge is 0.266 e. The van der Waals surface area contributed by atoms with Crippen molar-refractivity contribution in [1.82, 2.24) is 15.2 Å². The Hall–Kier alpha value is -2.73. The maximum atomic E-state index is 12.2. The van der Waals surface area contributed by atoms with Gasteiger partial charge in [-0.15, -0.1) is 5.10 Å². The molecule has 0 unspecified atom stereocenters. The van der Waals surface area contributed by atoms with Crippen molar-refractivity contribution >= 4 is 21.7 Å². The van der Waals surface area contributed by atoms with E-state index in [1.807, 2.05) is 6.07 Å². The number of sulfonamides is 1. The molecule has 0 fully saturated rings. The highest BCUT2D eigenvalue weighted by Crippen LogP contribution is 2.21. The molecule has 0 aliphatic rings. The second-order valence-corrected chi connectivity index (χ2v) is 5.93. The molecule has 2 aromatic rings. The van der Waals surface area contributed by atoms with Crippen molar-refractivity contribution in [2.45, 2.75) is 18.7 Å². The van der Waals surface area contributed by atoms with Gasteiger partial charge in [-0.1, -0.05) is 0 Å².